The SMILES string of the molecule is Cc1ccccc1[C@H]1[C@@H]2CN(c3cc(C(C)C)ncn3)C[C@@H]2CN1C(=O)CN(C)C. The minimum Gasteiger partial charge on any atom is -0.356 e. The van der Waals surface area contributed by atoms with Gasteiger partial charge >= 0.3 is 0 Å². The first-order valence-electron chi connectivity index (χ1n) is 10.9. The van der Waals surface area contributed by atoms with Crippen molar-refractivity contribution >= 4 is 11.7 Å². The zero-order valence-corrected chi connectivity index (χ0v) is 18.7. The highest BCUT2D eigenvalue weighted by Crippen LogP contribution is 2.46. The third-order valence-electron chi connectivity index (χ3n) is 6.53. The van der Waals surface area contributed by atoms with E-state index in [1.165, 1.54) is 11.1 Å². The number of fused-ring (bicyclic) bond motifs is 1. The van der Waals surface area contributed by atoms with Crippen molar-refractivity contribution in [1.82, 2.24) is 19.8 Å². The van der Waals surface area contributed by atoms with Gasteiger partial charge in [0.1, 0.15) is 12.1 Å². The zero-order valence-electron chi connectivity index (χ0n) is 18.7. The molecule has 160 valence electrons. The van der Waals surface area contributed by atoms with Crippen LogP contribution in [0.4, 0.5) is 5.82 Å². The number of aromatic nitrogens is 2. The number of likely N-dealkylation sites (tertiary alicyclic amines) is 1. The Morgan fingerprint density at radius 1 is 1.17 bits per heavy atom. The third kappa shape index (κ3) is 3.93. The Bertz CT molecular complexity index is 912. The van der Waals surface area contributed by atoms with Crippen LogP contribution in [-0.4, -0.2) is 65.9 Å². The lowest BCUT2D eigenvalue weighted by molar-refractivity contribution is -0.133. The fraction of sp³-hybridized carbons (Fsp3) is 0.542. The van der Waals surface area contributed by atoms with E-state index in [0.717, 1.165) is 31.1 Å². The smallest absolute Gasteiger partial charge is 0.237 e. The van der Waals surface area contributed by atoms with Crippen LogP contribution < -0.4 is 4.90 Å². The number of rotatable bonds is 5. The van der Waals surface area contributed by atoms with E-state index in [1.807, 2.05) is 19.0 Å². The van der Waals surface area contributed by atoms with Crippen LogP contribution in [0, 0.1) is 18.8 Å². The van der Waals surface area contributed by atoms with Crippen LogP contribution in [0.3, 0.4) is 0 Å². The van der Waals surface area contributed by atoms with Crippen LogP contribution in [-0.2, 0) is 4.79 Å². The van der Waals surface area contributed by atoms with E-state index in [2.05, 4.69) is 70.9 Å². The Labute approximate surface area is 179 Å². The lowest BCUT2D eigenvalue weighted by atomic mass is 9.87. The molecule has 3 atom stereocenters. The van der Waals surface area contributed by atoms with Crippen molar-refractivity contribution in [3.8, 4) is 0 Å². The number of nitrogens with zero attached hydrogens (tertiary/aromatic N) is 5. The summed E-state index contributed by atoms with van der Waals surface area (Å²) in [5, 5.41) is 0. The van der Waals surface area contributed by atoms with Crippen LogP contribution in [0.1, 0.15) is 42.6 Å². The highest BCUT2D eigenvalue weighted by Gasteiger charge is 2.49. The number of hydrogen-bond donors (Lipinski definition) is 0. The molecule has 6 heteroatoms. The molecule has 0 radical (unpaired) electrons. The van der Waals surface area contributed by atoms with Gasteiger partial charge in [-0.05, 0) is 38.1 Å². The number of likely N-dealkylation sites (N-methyl/N-ethyl adjacent to an activating group) is 1. The summed E-state index contributed by atoms with van der Waals surface area (Å²) < 4.78 is 0. The first-order chi connectivity index (χ1) is 14.3. The van der Waals surface area contributed by atoms with Gasteiger partial charge in [0, 0.05) is 43.2 Å². The first kappa shape index (κ1) is 20.8. The van der Waals surface area contributed by atoms with E-state index in [1.54, 1.807) is 6.33 Å². The standard InChI is InChI=1S/C24H33N5O/c1-16(2)21-10-22(26-15-25-21)28-11-18-12-29(23(30)14-27(4)5)24(20(18)13-28)19-9-7-6-8-17(19)3/h6-10,15-16,18,20,24H,11-14H2,1-5H3/t18-,20-,24+/m1/s1. The van der Waals surface area contributed by atoms with Gasteiger partial charge in [0.15, 0.2) is 0 Å². The fourth-order valence-electron chi connectivity index (χ4n) is 5.02. The van der Waals surface area contributed by atoms with Gasteiger partial charge in [-0.15, -0.1) is 0 Å². The molecule has 0 spiro atoms. The van der Waals surface area contributed by atoms with E-state index in [4.69, 9.17) is 0 Å². The van der Waals surface area contributed by atoms with Gasteiger partial charge in [-0.25, -0.2) is 9.97 Å². The van der Waals surface area contributed by atoms with Crippen molar-refractivity contribution in [3.05, 3.63) is 53.5 Å². The second-order valence-corrected chi connectivity index (χ2v) is 9.37. The average Bonchev–Trinajstić information content (AvgIpc) is 3.26. The van der Waals surface area contributed by atoms with Gasteiger partial charge in [-0.1, -0.05) is 38.1 Å². The summed E-state index contributed by atoms with van der Waals surface area (Å²) in [6.45, 7) is 9.60. The monoisotopic (exact) mass is 407 g/mol. The molecule has 2 aromatic rings. The highest BCUT2D eigenvalue weighted by molar-refractivity contribution is 5.79. The molecule has 1 aromatic heterocycles. The highest BCUT2D eigenvalue weighted by atomic mass is 16.2. The molecule has 0 saturated carbocycles. The van der Waals surface area contributed by atoms with Crippen molar-refractivity contribution in [2.45, 2.75) is 32.7 Å². The molecule has 0 unspecified atom stereocenters. The van der Waals surface area contributed by atoms with Gasteiger partial charge in [0.05, 0.1) is 12.6 Å². The minimum atomic E-state index is 0.125. The van der Waals surface area contributed by atoms with Gasteiger partial charge in [-0.3, -0.25) is 4.79 Å². The average molecular weight is 408 g/mol. The van der Waals surface area contributed by atoms with Gasteiger partial charge in [0.25, 0.3) is 0 Å². The van der Waals surface area contributed by atoms with Gasteiger partial charge in [0.2, 0.25) is 5.91 Å². The zero-order chi connectivity index (χ0) is 21.4. The molecule has 0 aliphatic carbocycles. The molecule has 2 aliphatic heterocycles. The summed E-state index contributed by atoms with van der Waals surface area (Å²) in [7, 11) is 3.92. The summed E-state index contributed by atoms with van der Waals surface area (Å²) in [4.78, 5) is 28.6. The van der Waals surface area contributed by atoms with Crippen molar-refractivity contribution in [2.24, 2.45) is 11.8 Å². The summed E-state index contributed by atoms with van der Waals surface area (Å²) in [6, 6.07) is 10.8. The Morgan fingerprint density at radius 2 is 1.93 bits per heavy atom. The largest absolute Gasteiger partial charge is 0.356 e. The maximum atomic E-state index is 13.1. The molecule has 4 rings (SSSR count). The maximum Gasteiger partial charge on any atom is 0.237 e. The molecular weight excluding hydrogens is 374 g/mol. The van der Waals surface area contributed by atoms with E-state index in [-0.39, 0.29) is 11.9 Å². The molecule has 1 amide bonds. The van der Waals surface area contributed by atoms with E-state index < -0.39 is 0 Å². The number of carbonyl (C=O) groups excluding carboxylic acids is 1. The molecule has 2 aliphatic rings. The Morgan fingerprint density at radius 3 is 2.63 bits per heavy atom. The quantitative estimate of drug-likeness (QED) is 0.762. The molecule has 30 heavy (non-hydrogen) atoms. The van der Waals surface area contributed by atoms with Crippen LogP contribution in [0.5, 0.6) is 0 Å². The summed E-state index contributed by atoms with van der Waals surface area (Å²) >= 11 is 0. The Kier molecular flexibility index (Phi) is 5.78. The van der Waals surface area contributed by atoms with Crippen LogP contribution in [0.15, 0.2) is 36.7 Å². The van der Waals surface area contributed by atoms with Crippen molar-refractivity contribution in [3.63, 3.8) is 0 Å². The number of anilines is 1. The number of hydrogen-bond acceptors (Lipinski definition) is 5. The lowest BCUT2D eigenvalue weighted by Crippen LogP contribution is -2.40. The summed E-state index contributed by atoms with van der Waals surface area (Å²) in [5.74, 6) is 2.48. The Balaban J connectivity index is 1.63. The van der Waals surface area contributed by atoms with E-state index >= 15 is 0 Å². The number of carbonyl (C=O) groups is 1. The number of amides is 1. The molecule has 3 heterocycles. The molecule has 1 aromatic carbocycles. The van der Waals surface area contributed by atoms with Gasteiger partial charge < -0.3 is 14.7 Å². The second-order valence-electron chi connectivity index (χ2n) is 9.37. The van der Waals surface area contributed by atoms with Crippen molar-refractivity contribution < 1.29 is 4.79 Å². The van der Waals surface area contributed by atoms with Crippen LogP contribution in [0.25, 0.3) is 0 Å². The van der Waals surface area contributed by atoms with Gasteiger partial charge in [-0.2, -0.15) is 0 Å². The van der Waals surface area contributed by atoms with Crippen molar-refractivity contribution in [2.75, 3.05) is 45.2 Å². The van der Waals surface area contributed by atoms with Crippen LogP contribution in [0.2, 0.25) is 0 Å². The molecule has 2 saturated heterocycles. The topological polar surface area (TPSA) is 52.6 Å². The minimum absolute atomic E-state index is 0.125. The summed E-state index contributed by atoms with van der Waals surface area (Å²) in [6.07, 6.45) is 1.69. The Hall–Kier alpha value is -2.47. The normalized spacial score (nSPS) is 23.5. The first-order valence-corrected chi connectivity index (χ1v) is 10.9. The molecule has 0 N–H and O–H groups in total. The van der Waals surface area contributed by atoms with Crippen LogP contribution >= 0.6 is 0 Å². The fourth-order valence-corrected chi connectivity index (χ4v) is 5.02. The molecular formula is C24H33N5O. The van der Waals surface area contributed by atoms with E-state index in [0.29, 0.717) is 24.3 Å². The molecule has 2 fully saturated rings. The predicted molar refractivity (Wildman–Crippen MR) is 120 cm³/mol. The molecule has 0 bridgehead atoms. The third-order valence-corrected chi connectivity index (χ3v) is 6.53. The maximum absolute atomic E-state index is 13.1. The lowest BCUT2D eigenvalue weighted by Gasteiger charge is -2.32. The second kappa shape index (κ2) is 8.34. The predicted octanol–water partition coefficient (Wildman–Crippen LogP) is 3.11. The van der Waals surface area contributed by atoms with E-state index in [9.17, 15) is 4.79 Å². The number of aryl methyl sites for hydroxylation is 1. The summed E-state index contributed by atoms with van der Waals surface area (Å²) in [5.41, 5.74) is 3.62. The number of benzene rings is 1. The molecule has 6 nitrogen and oxygen atoms in total. The van der Waals surface area contributed by atoms with Crippen molar-refractivity contribution in [1.29, 1.82) is 0 Å².